The second kappa shape index (κ2) is 7.74. The topological polar surface area (TPSA) is 75.3 Å². The number of aliphatic imine (C=N–C) groups is 1. The van der Waals surface area contributed by atoms with Crippen LogP contribution in [0, 0.1) is 6.92 Å². The Bertz CT molecular complexity index is 809. The van der Waals surface area contributed by atoms with Crippen LogP contribution in [0.1, 0.15) is 15.6 Å². The molecule has 2 heterocycles. The van der Waals surface area contributed by atoms with Crippen molar-refractivity contribution in [3.63, 3.8) is 0 Å². The predicted octanol–water partition coefficient (Wildman–Crippen LogP) is 2.97. The first-order valence-electron chi connectivity index (χ1n) is 7.60. The Balaban J connectivity index is 1.53. The molecule has 0 aliphatic rings. The van der Waals surface area contributed by atoms with Gasteiger partial charge in [0.05, 0.1) is 18.8 Å². The van der Waals surface area contributed by atoms with Gasteiger partial charge in [0.25, 0.3) is 0 Å². The second-order valence-electron chi connectivity index (χ2n) is 5.15. The zero-order valence-electron chi connectivity index (χ0n) is 13.6. The Hall–Kier alpha value is -2.67. The molecule has 3 aromatic rings. The Morgan fingerprint density at radius 2 is 2.00 bits per heavy atom. The van der Waals surface area contributed by atoms with Crippen molar-refractivity contribution >= 4 is 17.3 Å². The van der Waals surface area contributed by atoms with Gasteiger partial charge in [-0.3, -0.25) is 4.99 Å². The van der Waals surface area contributed by atoms with Gasteiger partial charge in [-0.25, -0.2) is 9.97 Å². The van der Waals surface area contributed by atoms with Gasteiger partial charge in [0.1, 0.15) is 11.3 Å². The standard InChI is InChI=1S/C17H19N5OS/c1-12-8-19-15(24-12)10-21-17(18-2)20-9-14-11-23-16(22-14)13-6-4-3-5-7-13/h3-8,11H,9-10H2,1-2H3,(H2,18,20,21). The van der Waals surface area contributed by atoms with E-state index in [1.54, 1.807) is 24.6 Å². The lowest BCUT2D eigenvalue weighted by Gasteiger charge is -2.09. The minimum Gasteiger partial charge on any atom is -0.444 e. The highest BCUT2D eigenvalue weighted by Crippen LogP contribution is 2.17. The molecule has 0 saturated carbocycles. The lowest BCUT2D eigenvalue weighted by molar-refractivity contribution is 0.572. The van der Waals surface area contributed by atoms with Gasteiger partial charge in [0.15, 0.2) is 5.96 Å². The summed E-state index contributed by atoms with van der Waals surface area (Å²) in [5.41, 5.74) is 1.78. The fourth-order valence-corrected chi connectivity index (χ4v) is 2.87. The maximum Gasteiger partial charge on any atom is 0.226 e. The van der Waals surface area contributed by atoms with E-state index in [4.69, 9.17) is 4.42 Å². The van der Waals surface area contributed by atoms with Crippen LogP contribution in [-0.2, 0) is 13.1 Å². The molecule has 6 nitrogen and oxygen atoms in total. The molecule has 0 fully saturated rings. The van der Waals surface area contributed by atoms with Crippen molar-refractivity contribution < 1.29 is 4.42 Å². The first kappa shape index (κ1) is 16.2. The maximum absolute atomic E-state index is 5.53. The number of rotatable bonds is 5. The molecule has 0 bridgehead atoms. The molecular weight excluding hydrogens is 322 g/mol. The molecule has 24 heavy (non-hydrogen) atoms. The number of aryl methyl sites for hydroxylation is 1. The highest BCUT2D eigenvalue weighted by atomic mass is 32.1. The Kier molecular flexibility index (Phi) is 5.22. The predicted molar refractivity (Wildman–Crippen MR) is 95.8 cm³/mol. The normalized spacial score (nSPS) is 11.5. The smallest absolute Gasteiger partial charge is 0.226 e. The van der Waals surface area contributed by atoms with Crippen molar-refractivity contribution in [3.8, 4) is 11.5 Å². The summed E-state index contributed by atoms with van der Waals surface area (Å²) >= 11 is 1.67. The first-order valence-corrected chi connectivity index (χ1v) is 8.42. The lowest BCUT2D eigenvalue weighted by Crippen LogP contribution is -2.36. The van der Waals surface area contributed by atoms with E-state index >= 15 is 0 Å². The van der Waals surface area contributed by atoms with E-state index in [2.05, 4.69) is 25.6 Å². The molecule has 0 aliphatic carbocycles. The molecular formula is C17H19N5OS. The lowest BCUT2D eigenvalue weighted by atomic mass is 10.2. The van der Waals surface area contributed by atoms with E-state index in [1.165, 1.54) is 4.88 Å². The van der Waals surface area contributed by atoms with Crippen LogP contribution in [-0.4, -0.2) is 23.0 Å². The highest BCUT2D eigenvalue weighted by Gasteiger charge is 2.07. The van der Waals surface area contributed by atoms with E-state index in [1.807, 2.05) is 43.5 Å². The van der Waals surface area contributed by atoms with Crippen LogP contribution in [0.25, 0.3) is 11.5 Å². The van der Waals surface area contributed by atoms with Crippen molar-refractivity contribution in [3.05, 3.63) is 58.4 Å². The van der Waals surface area contributed by atoms with Gasteiger partial charge in [-0.1, -0.05) is 18.2 Å². The third-order valence-corrected chi connectivity index (χ3v) is 4.22. The summed E-state index contributed by atoms with van der Waals surface area (Å²) in [6.07, 6.45) is 3.53. The Morgan fingerprint density at radius 1 is 1.21 bits per heavy atom. The van der Waals surface area contributed by atoms with E-state index in [0.29, 0.717) is 24.9 Å². The number of aromatic nitrogens is 2. The molecule has 0 amide bonds. The fourth-order valence-electron chi connectivity index (χ4n) is 2.14. The van der Waals surface area contributed by atoms with Gasteiger partial charge >= 0.3 is 0 Å². The van der Waals surface area contributed by atoms with Crippen molar-refractivity contribution in [2.24, 2.45) is 4.99 Å². The van der Waals surface area contributed by atoms with Crippen LogP contribution in [0.2, 0.25) is 0 Å². The summed E-state index contributed by atoms with van der Waals surface area (Å²) in [7, 11) is 1.74. The van der Waals surface area contributed by atoms with Gasteiger partial charge in [-0.2, -0.15) is 0 Å². The SMILES string of the molecule is CN=C(NCc1coc(-c2ccccc2)n1)NCc1ncc(C)s1. The number of hydrogen-bond acceptors (Lipinski definition) is 5. The fraction of sp³-hybridized carbons (Fsp3) is 0.235. The molecule has 0 saturated heterocycles. The van der Waals surface area contributed by atoms with Crippen LogP contribution in [0.5, 0.6) is 0 Å². The third-order valence-electron chi connectivity index (χ3n) is 3.31. The zero-order chi connectivity index (χ0) is 16.8. The molecule has 2 aromatic heterocycles. The molecule has 2 N–H and O–H groups in total. The van der Waals surface area contributed by atoms with Crippen LogP contribution in [0.4, 0.5) is 0 Å². The second-order valence-corrected chi connectivity index (χ2v) is 6.47. The van der Waals surface area contributed by atoms with Crippen LogP contribution in [0.3, 0.4) is 0 Å². The molecule has 0 radical (unpaired) electrons. The van der Waals surface area contributed by atoms with Crippen molar-refractivity contribution in [2.45, 2.75) is 20.0 Å². The Morgan fingerprint density at radius 3 is 2.71 bits per heavy atom. The van der Waals surface area contributed by atoms with Crippen molar-refractivity contribution in [1.82, 2.24) is 20.6 Å². The molecule has 1 aromatic carbocycles. The number of oxazole rings is 1. The maximum atomic E-state index is 5.53. The van der Waals surface area contributed by atoms with Crippen molar-refractivity contribution in [1.29, 1.82) is 0 Å². The van der Waals surface area contributed by atoms with Gasteiger partial charge in [-0.15, -0.1) is 11.3 Å². The van der Waals surface area contributed by atoms with Crippen LogP contribution in [0.15, 0.2) is 52.2 Å². The summed E-state index contributed by atoms with van der Waals surface area (Å²) in [4.78, 5) is 14.2. The number of benzene rings is 1. The molecule has 3 rings (SSSR count). The average molecular weight is 341 g/mol. The number of thiazole rings is 1. The van der Waals surface area contributed by atoms with Crippen LogP contribution < -0.4 is 10.6 Å². The summed E-state index contributed by atoms with van der Waals surface area (Å²) in [6.45, 7) is 3.22. The quantitative estimate of drug-likeness (QED) is 0.551. The van der Waals surface area contributed by atoms with Gasteiger partial charge < -0.3 is 15.1 Å². The molecule has 0 spiro atoms. The molecule has 0 atom stereocenters. The summed E-state index contributed by atoms with van der Waals surface area (Å²) in [6, 6.07) is 9.83. The Labute approximate surface area is 144 Å². The van der Waals surface area contributed by atoms with Gasteiger partial charge in [0.2, 0.25) is 5.89 Å². The molecule has 0 aliphatic heterocycles. The van der Waals surface area contributed by atoms with Crippen molar-refractivity contribution in [2.75, 3.05) is 7.05 Å². The number of guanidine groups is 1. The van der Waals surface area contributed by atoms with E-state index < -0.39 is 0 Å². The molecule has 7 heteroatoms. The number of nitrogens with zero attached hydrogens (tertiary/aromatic N) is 3. The van der Waals surface area contributed by atoms with E-state index in [9.17, 15) is 0 Å². The number of nitrogens with one attached hydrogen (secondary N) is 2. The average Bonchev–Trinajstić information content (AvgIpc) is 3.25. The monoisotopic (exact) mass is 341 g/mol. The van der Waals surface area contributed by atoms with Gasteiger partial charge in [0, 0.05) is 23.7 Å². The highest BCUT2D eigenvalue weighted by molar-refractivity contribution is 7.11. The van der Waals surface area contributed by atoms with Gasteiger partial charge in [-0.05, 0) is 19.1 Å². The minimum atomic E-state index is 0.535. The molecule has 124 valence electrons. The third kappa shape index (κ3) is 4.20. The summed E-state index contributed by atoms with van der Waals surface area (Å²) in [5.74, 6) is 1.32. The largest absolute Gasteiger partial charge is 0.444 e. The van der Waals surface area contributed by atoms with Crippen LogP contribution >= 0.6 is 11.3 Å². The molecule has 0 unspecified atom stereocenters. The minimum absolute atomic E-state index is 0.535. The summed E-state index contributed by atoms with van der Waals surface area (Å²) < 4.78 is 5.53. The van der Waals surface area contributed by atoms with E-state index in [-0.39, 0.29) is 0 Å². The zero-order valence-corrected chi connectivity index (χ0v) is 14.4. The van der Waals surface area contributed by atoms with E-state index in [0.717, 1.165) is 16.3 Å². The first-order chi connectivity index (χ1) is 11.7. The number of hydrogen-bond donors (Lipinski definition) is 2. The summed E-state index contributed by atoms with van der Waals surface area (Å²) in [5, 5.41) is 7.49.